The van der Waals surface area contributed by atoms with Gasteiger partial charge >= 0.3 is 0 Å². The minimum Gasteiger partial charge on any atom is -0.508 e. The summed E-state index contributed by atoms with van der Waals surface area (Å²) in [5.41, 5.74) is 2.43. The first-order valence-electron chi connectivity index (χ1n) is 8.04. The molecule has 0 aliphatic heterocycles. The highest BCUT2D eigenvalue weighted by Crippen LogP contribution is 2.48. The molecule has 2 nitrogen and oxygen atoms in total. The molecule has 1 aromatic rings. The van der Waals surface area contributed by atoms with E-state index >= 15 is 0 Å². The predicted molar refractivity (Wildman–Crippen MR) is 80.7 cm³/mol. The summed E-state index contributed by atoms with van der Waals surface area (Å²) in [5, 5.41) is 20.4. The number of hydrogen-bond acceptors (Lipinski definition) is 2. The van der Waals surface area contributed by atoms with E-state index < -0.39 is 0 Å². The Hall–Kier alpha value is -1.02. The Bertz CT molecular complexity index is 480. The van der Waals surface area contributed by atoms with Crippen LogP contribution in [0.2, 0.25) is 0 Å². The van der Waals surface area contributed by atoms with E-state index in [0.717, 1.165) is 31.2 Å². The van der Waals surface area contributed by atoms with Gasteiger partial charge in [0.15, 0.2) is 0 Å². The van der Waals surface area contributed by atoms with E-state index in [1.54, 1.807) is 6.07 Å². The maximum atomic E-state index is 10.4. The lowest BCUT2D eigenvalue weighted by atomic mass is 9.73. The molecule has 0 bridgehead atoms. The summed E-state index contributed by atoms with van der Waals surface area (Å²) in [7, 11) is 0. The fourth-order valence-corrected chi connectivity index (χ4v) is 4.34. The van der Waals surface area contributed by atoms with Crippen molar-refractivity contribution in [1.29, 1.82) is 0 Å². The van der Waals surface area contributed by atoms with Gasteiger partial charge in [-0.05, 0) is 66.5 Å². The van der Waals surface area contributed by atoms with Gasteiger partial charge in [-0.3, -0.25) is 0 Å². The smallest absolute Gasteiger partial charge is 0.119 e. The van der Waals surface area contributed by atoms with E-state index in [2.05, 4.69) is 19.9 Å². The van der Waals surface area contributed by atoms with E-state index in [1.807, 2.05) is 6.07 Å². The lowest BCUT2D eigenvalue weighted by molar-refractivity contribution is 0.107. The molecule has 0 spiro atoms. The van der Waals surface area contributed by atoms with Gasteiger partial charge < -0.3 is 10.2 Å². The molecule has 0 amide bonds. The second-order valence-electron chi connectivity index (χ2n) is 7.19. The van der Waals surface area contributed by atoms with Crippen molar-refractivity contribution < 1.29 is 10.2 Å². The van der Waals surface area contributed by atoms with Crippen LogP contribution < -0.4 is 0 Å². The van der Waals surface area contributed by atoms with Crippen LogP contribution in [0, 0.1) is 23.7 Å². The van der Waals surface area contributed by atoms with Crippen molar-refractivity contribution in [3.63, 3.8) is 0 Å². The lowest BCUT2D eigenvalue weighted by Gasteiger charge is -2.32. The first kappa shape index (κ1) is 13.9. The first-order valence-corrected chi connectivity index (χ1v) is 8.04. The fraction of sp³-hybridized carbons (Fsp3) is 0.667. The number of aliphatic hydroxyl groups is 1. The third-order valence-electron chi connectivity index (χ3n) is 5.44. The normalized spacial score (nSPS) is 32.2. The van der Waals surface area contributed by atoms with Gasteiger partial charge in [-0.25, -0.2) is 0 Å². The summed E-state index contributed by atoms with van der Waals surface area (Å²) >= 11 is 0. The quantitative estimate of drug-likeness (QED) is 0.885. The molecule has 1 fully saturated rings. The molecule has 1 saturated carbocycles. The summed E-state index contributed by atoms with van der Waals surface area (Å²) in [6.45, 7) is 4.51. The molecule has 0 unspecified atom stereocenters. The summed E-state index contributed by atoms with van der Waals surface area (Å²) in [5.74, 6) is 2.78. The lowest BCUT2D eigenvalue weighted by Crippen LogP contribution is -2.27. The summed E-state index contributed by atoms with van der Waals surface area (Å²) in [6, 6.07) is 5.89. The fourth-order valence-electron chi connectivity index (χ4n) is 4.34. The number of phenolic OH excluding ortho intramolecular Hbond substituents is 1. The Morgan fingerprint density at radius 3 is 2.80 bits per heavy atom. The minimum atomic E-state index is -0.139. The third kappa shape index (κ3) is 2.46. The van der Waals surface area contributed by atoms with Crippen molar-refractivity contribution in [3.05, 3.63) is 29.3 Å². The van der Waals surface area contributed by atoms with Gasteiger partial charge in [0.25, 0.3) is 0 Å². The van der Waals surface area contributed by atoms with Gasteiger partial charge in [-0.15, -0.1) is 0 Å². The standard InChI is InChI=1S/C18H26O2/c1-11(2)6-7-14-15-8-12-4-3-5-17(19)16(12)9-13(15)10-18(14)20/h3-5,11,13-15,18-20H,6-10H2,1-2H3/t13-,14+,15-,18+/m0/s1. The molecule has 2 heteroatoms. The largest absolute Gasteiger partial charge is 0.508 e. The van der Waals surface area contributed by atoms with Crippen molar-refractivity contribution in [2.24, 2.45) is 23.7 Å². The molecule has 20 heavy (non-hydrogen) atoms. The molecule has 4 atom stereocenters. The van der Waals surface area contributed by atoms with Crippen molar-refractivity contribution >= 4 is 0 Å². The predicted octanol–water partition coefficient (Wildman–Crippen LogP) is 3.54. The zero-order valence-electron chi connectivity index (χ0n) is 12.5. The van der Waals surface area contributed by atoms with Crippen molar-refractivity contribution in [2.45, 2.75) is 52.1 Å². The van der Waals surface area contributed by atoms with E-state index in [0.29, 0.717) is 29.4 Å². The molecule has 2 N–H and O–H groups in total. The molecule has 2 aliphatic rings. The Morgan fingerprint density at radius 2 is 2.05 bits per heavy atom. The highest BCUT2D eigenvalue weighted by molar-refractivity contribution is 5.42. The number of benzene rings is 1. The number of phenols is 1. The van der Waals surface area contributed by atoms with Crippen LogP contribution >= 0.6 is 0 Å². The topological polar surface area (TPSA) is 40.5 Å². The van der Waals surface area contributed by atoms with Crippen LogP contribution in [-0.2, 0) is 12.8 Å². The molecule has 0 saturated heterocycles. The van der Waals surface area contributed by atoms with Crippen LogP contribution in [0.1, 0.15) is 44.2 Å². The van der Waals surface area contributed by atoms with E-state index in [-0.39, 0.29) is 6.10 Å². The number of aromatic hydroxyl groups is 1. The number of hydrogen-bond donors (Lipinski definition) is 2. The van der Waals surface area contributed by atoms with Crippen LogP contribution in [0.15, 0.2) is 18.2 Å². The van der Waals surface area contributed by atoms with Gasteiger partial charge in [0, 0.05) is 0 Å². The minimum absolute atomic E-state index is 0.139. The maximum Gasteiger partial charge on any atom is 0.119 e. The highest BCUT2D eigenvalue weighted by atomic mass is 16.3. The van der Waals surface area contributed by atoms with Crippen LogP contribution in [0.5, 0.6) is 5.75 Å². The van der Waals surface area contributed by atoms with E-state index in [1.165, 1.54) is 12.0 Å². The second kappa shape index (κ2) is 5.40. The van der Waals surface area contributed by atoms with Crippen molar-refractivity contribution in [3.8, 4) is 5.75 Å². The molecule has 3 rings (SSSR count). The first-order chi connectivity index (χ1) is 9.56. The van der Waals surface area contributed by atoms with Crippen LogP contribution in [0.25, 0.3) is 0 Å². The zero-order chi connectivity index (χ0) is 14.3. The molecule has 0 aromatic heterocycles. The number of rotatable bonds is 3. The summed E-state index contributed by atoms with van der Waals surface area (Å²) < 4.78 is 0. The Labute approximate surface area is 121 Å². The molecular formula is C18H26O2. The molecule has 1 aromatic carbocycles. The Balaban J connectivity index is 1.79. The van der Waals surface area contributed by atoms with Gasteiger partial charge in [0.05, 0.1) is 6.10 Å². The second-order valence-corrected chi connectivity index (χ2v) is 7.19. The Morgan fingerprint density at radius 1 is 1.25 bits per heavy atom. The number of aliphatic hydroxyl groups excluding tert-OH is 1. The van der Waals surface area contributed by atoms with Gasteiger partial charge in [0.2, 0.25) is 0 Å². The summed E-state index contributed by atoms with van der Waals surface area (Å²) in [6.07, 6.45) is 5.11. The van der Waals surface area contributed by atoms with E-state index in [4.69, 9.17) is 0 Å². The highest BCUT2D eigenvalue weighted by Gasteiger charge is 2.44. The average molecular weight is 274 g/mol. The molecule has 2 aliphatic carbocycles. The van der Waals surface area contributed by atoms with Crippen LogP contribution in [0.4, 0.5) is 0 Å². The molecular weight excluding hydrogens is 248 g/mol. The SMILES string of the molecule is CC(C)CC[C@@H]1[C@H]2Cc3cccc(O)c3C[C@H]2C[C@H]1O. The van der Waals surface area contributed by atoms with Crippen molar-refractivity contribution in [1.82, 2.24) is 0 Å². The Kier molecular flexibility index (Phi) is 3.76. The van der Waals surface area contributed by atoms with Crippen LogP contribution in [-0.4, -0.2) is 16.3 Å². The maximum absolute atomic E-state index is 10.4. The van der Waals surface area contributed by atoms with Gasteiger partial charge in [-0.1, -0.05) is 32.4 Å². The van der Waals surface area contributed by atoms with E-state index in [9.17, 15) is 10.2 Å². The van der Waals surface area contributed by atoms with Gasteiger partial charge in [-0.2, -0.15) is 0 Å². The number of fused-ring (bicyclic) bond motifs is 2. The third-order valence-corrected chi connectivity index (χ3v) is 5.44. The van der Waals surface area contributed by atoms with Gasteiger partial charge in [0.1, 0.15) is 5.75 Å². The van der Waals surface area contributed by atoms with Crippen LogP contribution in [0.3, 0.4) is 0 Å². The van der Waals surface area contributed by atoms with Crippen molar-refractivity contribution in [2.75, 3.05) is 0 Å². The monoisotopic (exact) mass is 274 g/mol. The molecule has 0 heterocycles. The molecule has 110 valence electrons. The molecule has 0 radical (unpaired) electrons. The average Bonchev–Trinajstić information content (AvgIpc) is 2.69. The summed E-state index contributed by atoms with van der Waals surface area (Å²) in [4.78, 5) is 0. The zero-order valence-corrected chi connectivity index (χ0v) is 12.5.